The maximum absolute atomic E-state index is 11.5. The van der Waals surface area contributed by atoms with Crippen molar-refractivity contribution in [2.75, 3.05) is 53.5 Å². The minimum atomic E-state index is -0.555. The van der Waals surface area contributed by atoms with Crippen LogP contribution in [0.5, 0.6) is 0 Å². The number of nitrogens with two attached hydrogens (primary N) is 1. The fourth-order valence-corrected chi connectivity index (χ4v) is 3.38. The Labute approximate surface area is 186 Å². The summed E-state index contributed by atoms with van der Waals surface area (Å²) >= 11 is 11.7. The second-order valence-electron chi connectivity index (χ2n) is 6.36. The van der Waals surface area contributed by atoms with Gasteiger partial charge in [0.25, 0.3) is 0 Å². The standard InChI is InChI=1S/C20H26Cl2N6O2/c1-3-26(4-2)20-24-17(18(28(29)30)19(23)25-20)10-7-15-5-8-16(9-6-15)27(13-11-21)14-12-22/h5-10H,3-4,11-14H2,1-2H3,(H2,23,24,25)/b10-7-. The third kappa shape index (κ3) is 5.96. The average Bonchev–Trinajstić information content (AvgIpc) is 2.73. The minimum absolute atomic E-state index is 0.148. The zero-order valence-corrected chi connectivity index (χ0v) is 18.6. The third-order valence-corrected chi connectivity index (χ3v) is 4.89. The fraction of sp³-hybridized carbons (Fsp3) is 0.400. The smallest absolute Gasteiger partial charge is 0.336 e. The monoisotopic (exact) mass is 452 g/mol. The van der Waals surface area contributed by atoms with E-state index < -0.39 is 4.92 Å². The molecule has 1 aromatic heterocycles. The zero-order chi connectivity index (χ0) is 22.1. The highest BCUT2D eigenvalue weighted by molar-refractivity contribution is 6.18. The quantitative estimate of drug-likeness (QED) is 0.308. The van der Waals surface area contributed by atoms with Crippen molar-refractivity contribution in [1.82, 2.24) is 9.97 Å². The van der Waals surface area contributed by atoms with E-state index in [0.717, 1.165) is 11.3 Å². The molecule has 162 valence electrons. The molecule has 0 bridgehead atoms. The maximum Gasteiger partial charge on any atom is 0.336 e. The molecule has 0 spiro atoms. The highest BCUT2D eigenvalue weighted by Crippen LogP contribution is 2.27. The van der Waals surface area contributed by atoms with E-state index in [4.69, 9.17) is 28.9 Å². The molecule has 0 amide bonds. The predicted octanol–water partition coefficient (Wildman–Crippen LogP) is 4.27. The Morgan fingerprint density at radius 3 is 2.13 bits per heavy atom. The molecule has 1 aromatic carbocycles. The summed E-state index contributed by atoms with van der Waals surface area (Å²) in [5.41, 5.74) is 7.62. The van der Waals surface area contributed by atoms with Crippen LogP contribution in [0.15, 0.2) is 24.3 Å². The van der Waals surface area contributed by atoms with E-state index in [1.165, 1.54) is 0 Å². The first kappa shape index (κ1) is 23.7. The Morgan fingerprint density at radius 2 is 1.63 bits per heavy atom. The first-order valence-electron chi connectivity index (χ1n) is 9.66. The summed E-state index contributed by atoms with van der Waals surface area (Å²) in [5, 5.41) is 11.5. The molecule has 10 heteroatoms. The van der Waals surface area contributed by atoms with Gasteiger partial charge in [-0.1, -0.05) is 18.2 Å². The van der Waals surface area contributed by atoms with Crippen LogP contribution in [0.2, 0.25) is 0 Å². The summed E-state index contributed by atoms with van der Waals surface area (Å²) in [7, 11) is 0. The molecule has 0 atom stereocenters. The number of hydrogen-bond acceptors (Lipinski definition) is 7. The normalized spacial score (nSPS) is 11.1. The molecule has 0 aliphatic rings. The molecule has 0 saturated heterocycles. The second-order valence-corrected chi connectivity index (χ2v) is 7.12. The molecule has 30 heavy (non-hydrogen) atoms. The minimum Gasteiger partial charge on any atom is -0.378 e. The highest BCUT2D eigenvalue weighted by Gasteiger charge is 2.22. The Morgan fingerprint density at radius 1 is 1.03 bits per heavy atom. The van der Waals surface area contributed by atoms with Crippen molar-refractivity contribution in [3.05, 3.63) is 45.6 Å². The fourth-order valence-electron chi connectivity index (χ4n) is 2.97. The van der Waals surface area contributed by atoms with Gasteiger partial charge in [-0.15, -0.1) is 23.2 Å². The van der Waals surface area contributed by atoms with E-state index >= 15 is 0 Å². The maximum atomic E-state index is 11.5. The topological polar surface area (TPSA) is 101 Å². The molecule has 0 radical (unpaired) electrons. The first-order chi connectivity index (χ1) is 14.4. The number of aromatic nitrogens is 2. The van der Waals surface area contributed by atoms with Crippen LogP contribution in [0.1, 0.15) is 25.1 Å². The molecule has 2 rings (SSSR count). The van der Waals surface area contributed by atoms with Gasteiger partial charge >= 0.3 is 5.69 Å². The lowest BCUT2D eigenvalue weighted by Gasteiger charge is -2.22. The van der Waals surface area contributed by atoms with E-state index in [2.05, 4.69) is 14.9 Å². The SMILES string of the molecule is CCN(CC)c1nc(N)c([N+](=O)[O-])c(/C=C\c2ccc(N(CCCl)CCCl)cc2)n1. The van der Waals surface area contributed by atoms with Gasteiger partial charge < -0.3 is 15.5 Å². The Kier molecular flexibility index (Phi) is 9.14. The number of anilines is 3. The summed E-state index contributed by atoms with van der Waals surface area (Å²) in [4.78, 5) is 23.4. The van der Waals surface area contributed by atoms with Crippen LogP contribution in [0.3, 0.4) is 0 Å². The highest BCUT2D eigenvalue weighted by atomic mass is 35.5. The first-order valence-corrected chi connectivity index (χ1v) is 10.7. The van der Waals surface area contributed by atoms with Gasteiger partial charge in [-0.3, -0.25) is 10.1 Å². The summed E-state index contributed by atoms with van der Waals surface area (Å²) < 4.78 is 0. The van der Waals surface area contributed by atoms with E-state index in [0.29, 0.717) is 43.9 Å². The average molecular weight is 453 g/mol. The number of alkyl halides is 2. The van der Waals surface area contributed by atoms with Crippen LogP contribution >= 0.6 is 23.2 Å². The summed E-state index contributed by atoms with van der Waals surface area (Å²) in [5.74, 6) is 1.24. The van der Waals surface area contributed by atoms with Gasteiger partial charge in [-0.05, 0) is 37.6 Å². The lowest BCUT2D eigenvalue weighted by Crippen LogP contribution is -2.27. The summed E-state index contributed by atoms with van der Waals surface area (Å²) in [6.07, 6.45) is 3.35. The van der Waals surface area contributed by atoms with Crippen molar-refractivity contribution in [2.24, 2.45) is 0 Å². The number of nitrogens with zero attached hydrogens (tertiary/aromatic N) is 5. The number of hydrogen-bond donors (Lipinski definition) is 1. The molecular formula is C20H26Cl2N6O2. The molecule has 2 aromatic rings. The van der Waals surface area contributed by atoms with Crippen LogP contribution in [0.4, 0.5) is 23.1 Å². The number of nitrogen functional groups attached to an aromatic ring is 1. The van der Waals surface area contributed by atoms with Gasteiger partial charge in [0.15, 0.2) is 0 Å². The second kappa shape index (κ2) is 11.6. The largest absolute Gasteiger partial charge is 0.378 e. The van der Waals surface area contributed by atoms with Crippen molar-refractivity contribution >= 4 is 58.5 Å². The molecule has 1 heterocycles. The number of nitro groups is 1. The summed E-state index contributed by atoms with van der Waals surface area (Å²) in [6, 6.07) is 7.76. The van der Waals surface area contributed by atoms with Crippen molar-refractivity contribution in [1.29, 1.82) is 0 Å². The van der Waals surface area contributed by atoms with Gasteiger partial charge in [0, 0.05) is 43.6 Å². The van der Waals surface area contributed by atoms with Crippen molar-refractivity contribution < 1.29 is 4.92 Å². The van der Waals surface area contributed by atoms with E-state index in [9.17, 15) is 10.1 Å². The van der Waals surface area contributed by atoms with Crippen LogP contribution in [-0.2, 0) is 0 Å². The number of halogens is 2. The van der Waals surface area contributed by atoms with Crippen molar-refractivity contribution in [3.63, 3.8) is 0 Å². The van der Waals surface area contributed by atoms with Crippen LogP contribution in [0, 0.1) is 10.1 Å². The Balaban J connectivity index is 2.34. The lowest BCUT2D eigenvalue weighted by atomic mass is 10.1. The van der Waals surface area contributed by atoms with E-state index in [1.54, 1.807) is 12.2 Å². The van der Waals surface area contributed by atoms with Crippen LogP contribution in [-0.4, -0.2) is 52.8 Å². The summed E-state index contributed by atoms with van der Waals surface area (Å²) in [6.45, 7) is 6.64. The third-order valence-electron chi connectivity index (χ3n) is 4.56. The van der Waals surface area contributed by atoms with Gasteiger partial charge in [0.2, 0.25) is 11.8 Å². The molecule has 8 nitrogen and oxygen atoms in total. The molecule has 0 unspecified atom stereocenters. The van der Waals surface area contributed by atoms with E-state index in [-0.39, 0.29) is 17.2 Å². The molecule has 0 aliphatic carbocycles. The number of rotatable bonds is 11. The van der Waals surface area contributed by atoms with Crippen molar-refractivity contribution in [3.8, 4) is 0 Å². The van der Waals surface area contributed by atoms with Gasteiger partial charge in [0.1, 0.15) is 5.69 Å². The zero-order valence-electron chi connectivity index (χ0n) is 17.1. The lowest BCUT2D eigenvalue weighted by molar-refractivity contribution is -0.384. The molecule has 0 saturated carbocycles. The molecule has 0 fully saturated rings. The van der Waals surface area contributed by atoms with E-state index in [1.807, 2.05) is 43.0 Å². The van der Waals surface area contributed by atoms with Crippen LogP contribution < -0.4 is 15.5 Å². The Bertz CT molecular complexity index is 866. The Hall–Kier alpha value is -2.58. The van der Waals surface area contributed by atoms with Gasteiger partial charge in [0.05, 0.1) is 4.92 Å². The van der Waals surface area contributed by atoms with Crippen LogP contribution in [0.25, 0.3) is 12.2 Å². The van der Waals surface area contributed by atoms with Gasteiger partial charge in [-0.25, -0.2) is 4.98 Å². The van der Waals surface area contributed by atoms with Crippen molar-refractivity contribution in [2.45, 2.75) is 13.8 Å². The predicted molar refractivity (Wildman–Crippen MR) is 126 cm³/mol. The van der Waals surface area contributed by atoms with Gasteiger partial charge in [-0.2, -0.15) is 4.98 Å². The number of benzene rings is 1. The molecule has 2 N–H and O–H groups in total. The molecular weight excluding hydrogens is 427 g/mol. The molecule has 0 aliphatic heterocycles.